The smallest absolute Gasteiger partial charge is 0.416 e. The van der Waals surface area contributed by atoms with E-state index in [4.69, 9.17) is 16.7 Å². The number of pyridine rings is 1. The Kier molecular flexibility index (Phi) is 6.36. The van der Waals surface area contributed by atoms with Crippen molar-refractivity contribution in [2.75, 3.05) is 6.54 Å². The maximum absolute atomic E-state index is 13.3. The standard InChI is InChI=1S/C21H20ClF3N2O3/c1-2-27(20(30)12-3-4-12)11-15-8-16(21(23,24)25)5-6-17(15)14-7-13(9-18(28)29)19(22)26-10-14/h5-8,10,12H,2-4,9,11H2,1H3,(H,28,29). The molecule has 9 heteroatoms. The maximum atomic E-state index is 13.3. The number of aliphatic carboxylic acids is 1. The van der Waals surface area contributed by atoms with Gasteiger partial charge < -0.3 is 10.0 Å². The fraction of sp³-hybridized carbons (Fsp3) is 0.381. The Morgan fingerprint density at radius 3 is 2.50 bits per heavy atom. The van der Waals surface area contributed by atoms with Gasteiger partial charge in [-0.3, -0.25) is 9.59 Å². The molecule has 30 heavy (non-hydrogen) atoms. The van der Waals surface area contributed by atoms with Crippen LogP contribution in [0.25, 0.3) is 11.1 Å². The quantitative estimate of drug-likeness (QED) is 0.627. The Bertz CT molecular complexity index is 974. The number of hydrogen-bond acceptors (Lipinski definition) is 3. The number of carboxylic acid groups (broad SMARTS) is 1. The van der Waals surface area contributed by atoms with Crippen LogP contribution in [0.3, 0.4) is 0 Å². The highest BCUT2D eigenvalue weighted by Crippen LogP contribution is 2.36. The van der Waals surface area contributed by atoms with E-state index < -0.39 is 17.7 Å². The highest BCUT2D eigenvalue weighted by molar-refractivity contribution is 6.30. The lowest BCUT2D eigenvalue weighted by Crippen LogP contribution is -2.31. The zero-order chi connectivity index (χ0) is 22.1. The van der Waals surface area contributed by atoms with Crippen LogP contribution in [-0.4, -0.2) is 33.4 Å². The number of rotatable bonds is 7. The molecule has 1 saturated carbocycles. The van der Waals surface area contributed by atoms with E-state index in [2.05, 4.69) is 4.98 Å². The Hall–Kier alpha value is -2.61. The molecule has 0 bridgehead atoms. The van der Waals surface area contributed by atoms with Crippen LogP contribution in [0.5, 0.6) is 0 Å². The van der Waals surface area contributed by atoms with Gasteiger partial charge in [-0.05, 0) is 49.1 Å². The third-order valence-electron chi connectivity index (χ3n) is 4.98. The number of nitrogens with zero attached hydrogens (tertiary/aromatic N) is 2. The zero-order valence-electron chi connectivity index (χ0n) is 16.2. The number of amides is 1. The fourth-order valence-electron chi connectivity index (χ4n) is 3.25. The average molecular weight is 441 g/mol. The van der Waals surface area contributed by atoms with E-state index in [0.717, 1.165) is 25.0 Å². The minimum atomic E-state index is -4.53. The summed E-state index contributed by atoms with van der Waals surface area (Å²) in [5.74, 6) is -1.23. The minimum absolute atomic E-state index is 0.0159. The van der Waals surface area contributed by atoms with Gasteiger partial charge in [-0.1, -0.05) is 17.7 Å². The van der Waals surface area contributed by atoms with E-state index in [1.165, 1.54) is 23.2 Å². The first-order valence-electron chi connectivity index (χ1n) is 9.45. The fourth-order valence-corrected chi connectivity index (χ4v) is 3.42. The van der Waals surface area contributed by atoms with Gasteiger partial charge in [-0.15, -0.1) is 0 Å². The molecule has 5 nitrogen and oxygen atoms in total. The molecule has 3 rings (SSSR count). The van der Waals surface area contributed by atoms with Gasteiger partial charge in [0.15, 0.2) is 0 Å². The van der Waals surface area contributed by atoms with Crippen LogP contribution in [0.2, 0.25) is 5.15 Å². The molecule has 0 radical (unpaired) electrons. The van der Waals surface area contributed by atoms with Crippen molar-refractivity contribution in [3.8, 4) is 11.1 Å². The van der Waals surface area contributed by atoms with Crippen molar-refractivity contribution in [1.82, 2.24) is 9.88 Å². The summed E-state index contributed by atoms with van der Waals surface area (Å²) in [5, 5.41) is 9.07. The van der Waals surface area contributed by atoms with Gasteiger partial charge in [-0.2, -0.15) is 13.2 Å². The van der Waals surface area contributed by atoms with Gasteiger partial charge in [0.1, 0.15) is 5.15 Å². The van der Waals surface area contributed by atoms with Crippen LogP contribution in [-0.2, 0) is 28.7 Å². The lowest BCUT2D eigenvalue weighted by atomic mass is 9.96. The number of halogens is 4. The van der Waals surface area contributed by atoms with E-state index >= 15 is 0 Å². The van der Waals surface area contributed by atoms with Crippen LogP contribution in [0.4, 0.5) is 13.2 Å². The van der Waals surface area contributed by atoms with Gasteiger partial charge in [0.2, 0.25) is 5.91 Å². The molecule has 160 valence electrons. The molecule has 1 aliphatic rings. The molecule has 1 aromatic heterocycles. The summed E-state index contributed by atoms with van der Waals surface area (Å²) in [6.07, 6.45) is -1.91. The van der Waals surface area contributed by atoms with Crippen molar-refractivity contribution >= 4 is 23.5 Å². The Morgan fingerprint density at radius 2 is 1.93 bits per heavy atom. The predicted molar refractivity (Wildman–Crippen MR) is 105 cm³/mol. The lowest BCUT2D eigenvalue weighted by molar-refractivity contribution is -0.138. The lowest BCUT2D eigenvalue weighted by Gasteiger charge is -2.23. The summed E-state index contributed by atoms with van der Waals surface area (Å²) in [4.78, 5) is 29.1. The van der Waals surface area contributed by atoms with E-state index in [1.807, 2.05) is 0 Å². The van der Waals surface area contributed by atoms with Crippen LogP contribution in [0, 0.1) is 5.92 Å². The molecule has 0 unspecified atom stereocenters. The summed E-state index contributed by atoms with van der Waals surface area (Å²) in [7, 11) is 0. The Morgan fingerprint density at radius 1 is 1.23 bits per heavy atom. The maximum Gasteiger partial charge on any atom is 0.416 e. The Labute approximate surface area is 176 Å². The number of carboxylic acids is 1. The van der Waals surface area contributed by atoms with Crippen molar-refractivity contribution < 1.29 is 27.9 Å². The first kappa shape index (κ1) is 22.1. The SMILES string of the molecule is CCN(Cc1cc(C(F)(F)F)ccc1-c1cnc(Cl)c(CC(=O)O)c1)C(=O)C1CC1. The second-order valence-corrected chi connectivity index (χ2v) is 7.60. The molecule has 0 aliphatic heterocycles. The van der Waals surface area contributed by atoms with Crippen LogP contribution in [0.1, 0.15) is 36.5 Å². The summed E-state index contributed by atoms with van der Waals surface area (Å²) in [5.41, 5.74) is 0.638. The van der Waals surface area contributed by atoms with Gasteiger partial charge in [-0.25, -0.2) is 4.98 Å². The van der Waals surface area contributed by atoms with E-state index in [9.17, 15) is 22.8 Å². The molecule has 1 fully saturated rings. The Balaban J connectivity index is 2.05. The van der Waals surface area contributed by atoms with Crippen LogP contribution >= 0.6 is 11.6 Å². The van der Waals surface area contributed by atoms with Crippen molar-refractivity contribution in [2.24, 2.45) is 5.92 Å². The third kappa shape index (κ3) is 5.11. The molecule has 0 spiro atoms. The molecule has 0 atom stereocenters. The molecular formula is C21H20ClF3N2O3. The largest absolute Gasteiger partial charge is 0.481 e. The molecule has 2 aromatic rings. The molecule has 1 heterocycles. The van der Waals surface area contributed by atoms with Crippen LogP contribution < -0.4 is 0 Å². The predicted octanol–water partition coefficient (Wildman–Crippen LogP) is 4.81. The van der Waals surface area contributed by atoms with Gasteiger partial charge in [0.25, 0.3) is 0 Å². The zero-order valence-corrected chi connectivity index (χ0v) is 16.9. The summed E-state index contributed by atoms with van der Waals surface area (Å²) < 4.78 is 39.9. The molecular weight excluding hydrogens is 421 g/mol. The van der Waals surface area contributed by atoms with Crippen molar-refractivity contribution in [1.29, 1.82) is 0 Å². The third-order valence-corrected chi connectivity index (χ3v) is 5.32. The second-order valence-electron chi connectivity index (χ2n) is 7.24. The molecule has 1 amide bonds. The van der Waals surface area contributed by atoms with Gasteiger partial charge in [0.05, 0.1) is 12.0 Å². The van der Waals surface area contributed by atoms with E-state index in [0.29, 0.717) is 23.2 Å². The van der Waals surface area contributed by atoms with E-state index in [-0.39, 0.29) is 35.5 Å². The number of hydrogen-bond donors (Lipinski definition) is 1. The van der Waals surface area contributed by atoms with Gasteiger partial charge in [0, 0.05) is 36.3 Å². The normalized spacial score (nSPS) is 13.9. The number of benzene rings is 1. The summed E-state index contributed by atoms with van der Waals surface area (Å²) in [6, 6.07) is 4.82. The number of carbonyl (C=O) groups is 2. The van der Waals surface area contributed by atoms with Crippen molar-refractivity contribution in [3.63, 3.8) is 0 Å². The van der Waals surface area contributed by atoms with Gasteiger partial charge >= 0.3 is 12.1 Å². The summed E-state index contributed by atoms with van der Waals surface area (Å²) >= 11 is 5.97. The van der Waals surface area contributed by atoms with Crippen LogP contribution in [0.15, 0.2) is 30.5 Å². The molecule has 0 saturated heterocycles. The molecule has 1 N–H and O–H groups in total. The van der Waals surface area contributed by atoms with Crippen molar-refractivity contribution in [2.45, 2.75) is 38.9 Å². The number of alkyl halides is 3. The number of carbonyl (C=O) groups excluding carboxylic acids is 1. The second kappa shape index (κ2) is 8.63. The number of aromatic nitrogens is 1. The monoisotopic (exact) mass is 440 g/mol. The molecule has 1 aromatic carbocycles. The average Bonchev–Trinajstić information content (AvgIpc) is 3.51. The summed E-state index contributed by atoms with van der Waals surface area (Å²) in [6.45, 7) is 2.17. The highest BCUT2D eigenvalue weighted by Gasteiger charge is 2.34. The topological polar surface area (TPSA) is 70.5 Å². The van der Waals surface area contributed by atoms with Crippen molar-refractivity contribution in [3.05, 3.63) is 52.3 Å². The first-order chi connectivity index (χ1) is 14.1. The highest BCUT2D eigenvalue weighted by atomic mass is 35.5. The minimum Gasteiger partial charge on any atom is -0.481 e. The first-order valence-corrected chi connectivity index (χ1v) is 9.83. The molecule has 1 aliphatic carbocycles. The van der Waals surface area contributed by atoms with E-state index in [1.54, 1.807) is 6.92 Å².